The van der Waals surface area contributed by atoms with Crippen molar-refractivity contribution in [2.75, 3.05) is 12.8 Å². The third-order valence-electron chi connectivity index (χ3n) is 2.74. The first-order valence-corrected chi connectivity index (χ1v) is 6.85. The molecule has 0 aromatic carbocycles. The predicted octanol–water partition coefficient (Wildman–Crippen LogP) is 1.09. The number of rotatable bonds is 4. The van der Waals surface area contributed by atoms with Crippen LogP contribution in [0.4, 0.5) is 0 Å². The minimum atomic E-state index is 0.540. The second-order valence-corrected chi connectivity index (χ2v) is 5.28. The Bertz CT molecular complexity index is 202. The Labute approximate surface area is 96.4 Å². The van der Waals surface area contributed by atoms with Gasteiger partial charge in [-0.25, -0.2) is 5.84 Å². The van der Waals surface area contributed by atoms with Crippen LogP contribution in [0.3, 0.4) is 0 Å². The molecule has 0 aromatic rings. The minimum Gasteiger partial charge on any atom is -0.353 e. The highest BCUT2D eigenvalue weighted by molar-refractivity contribution is 7.99. The summed E-state index contributed by atoms with van der Waals surface area (Å²) >= 11 is 1.82. The lowest BCUT2D eigenvalue weighted by molar-refractivity contribution is 0.614. The topological polar surface area (TPSA) is 62.4 Å². The van der Waals surface area contributed by atoms with Crippen LogP contribution in [0.1, 0.15) is 32.6 Å². The van der Waals surface area contributed by atoms with E-state index in [1.807, 2.05) is 11.8 Å². The van der Waals surface area contributed by atoms with Gasteiger partial charge in [0.15, 0.2) is 0 Å². The number of hydrogen-bond acceptors (Lipinski definition) is 3. The molecule has 1 rings (SSSR count). The summed E-state index contributed by atoms with van der Waals surface area (Å²) in [4.78, 5) is 4.43. The number of hydrazine groups is 1. The highest BCUT2D eigenvalue weighted by Crippen LogP contribution is 2.17. The van der Waals surface area contributed by atoms with Crippen LogP contribution in [-0.2, 0) is 0 Å². The molecule has 0 aromatic heterocycles. The Balaban J connectivity index is 2.32. The van der Waals surface area contributed by atoms with Crippen molar-refractivity contribution in [1.82, 2.24) is 10.7 Å². The SMILES string of the molecule is CSC(C)CN=C(NN)NC1CCCC1. The zero-order chi connectivity index (χ0) is 11.1. The van der Waals surface area contributed by atoms with E-state index in [9.17, 15) is 0 Å². The standard InChI is InChI=1S/C10H22N4S/c1-8(15-2)7-12-10(14-11)13-9-5-3-4-6-9/h8-9H,3-7,11H2,1-2H3,(H2,12,13,14). The molecule has 0 saturated heterocycles. The highest BCUT2D eigenvalue weighted by atomic mass is 32.2. The molecule has 5 heteroatoms. The number of nitrogens with one attached hydrogen (secondary N) is 2. The van der Waals surface area contributed by atoms with Gasteiger partial charge in [0.2, 0.25) is 5.96 Å². The molecule has 15 heavy (non-hydrogen) atoms. The van der Waals surface area contributed by atoms with Gasteiger partial charge in [0, 0.05) is 11.3 Å². The van der Waals surface area contributed by atoms with Crippen molar-refractivity contribution >= 4 is 17.7 Å². The van der Waals surface area contributed by atoms with Gasteiger partial charge < -0.3 is 5.32 Å². The summed E-state index contributed by atoms with van der Waals surface area (Å²) in [6, 6.07) is 0.560. The van der Waals surface area contributed by atoms with Crippen molar-refractivity contribution in [2.45, 2.75) is 43.9 Å². The number of nitrogens with zero attached hydrogens (tertiary/aromatic N) is 1. The van der Waals surface area contributed by atoms with Gasteiger partial charge in [0.05, 0.1) is 6.54 Å². The molecule has 88 valence electrons. The van der Waals surface area contributed by atoms with Gasteiger partial charge in [-0.1, -0.05) is 19.8 Å². The van der Waals surface area contributed by atoms with E-state index in [0.717, 1.165) is 12.5 Å². The summed E-state index contributed by atoms with van der Waals surface area (Å²) in [5.41, 5.74) is 2.64. The Morgan fingerprint density at radius 2 is 2.20 bits per heavy atom. The zero-order valence-corrected chi connectivity index (χ0v) is 10.4. The minimum absolute atomic E-state index is 0.540. The van der Waals surface area contributed by atoms with E-state index in [1.54, 1.807) is 0 Å². The first kappa shape index (κ1) is 12.6. The highest BCUT2D eigenvalue weighted by Gasteiger charge is 2.15. The van der Waals surface area contributed by atoms with E-state index < -0.39 is 0 Å². The lowest BCUT2D eigenvalue weighted by Crippen LogP contribution is -2.45. The van der Waals surface area contributed by atoms with Gasteiger partial charge in [-0.15, -0.1) is 0 Å². The van der Waals surface area contributed by atoms with Crippen molar-refractivity contribution in [1.29, 1.82) is 0 Å². The van der Waals surface area contributed by atoms with Gasteiger partial charge in [-0.3, -0.25) is 10.4 Å². The number of hydrogen-bond donors (Lipinski definition) is 3. The van der Waals surface area contributed by atoms with Crippen molar-refractivity contribution in [2.24, 2.45) is 10.8 Å². The largest absolute Gasteiger partial charge is 0.353 e. The summed E-state index contributed by atoms with van der Waals surface area (Å²) in [7, 11) is 0. The maximum atomic E-state index is 5.43. The number of aliphatic imine (C=N–C) groups is 1. The number of nitrogens with two attached hydrogens (primary N) is 1. The van der Waals surface area contributed by atoms with Crippen LogP contribution >= 0.6 is 11.8 Å². The van der Waals surface area contributed by atoms with Crippen LogP contribution in [0.5, 0.6) is 0 Å². The molecule has 4 N–H and O–H groups in total. The fraction of sp³-hybridized carbons (Fsp3) is 0.900. The molecule has 1 atom stereocenters. The molecular formula is C10H22N4S. The summed E-state index contributed by atoms with van der Waals surface area (Å²) < 4.78 is 0. The fourth-order valence-electron chi connectivity index (χ4n) is 1.69. The summed E-state index contributed by atoms with van der Waals surface area (Å²) in [5, 5.41) is 3.89. The molecule has 0 amide bonds. The normalized spacial score (nSPS) is 20.3. The predicted molar refractivity (Wildman–Crippen MR) is 68.0 cm³/mol. The molecule has 1 aliphatic rings. The van der Waals surface area contributed by atoms with Gasteiger partial charge in [0.1, 0.15) is 0 Å². The molecule has 1 fully saturated rings. The molecule has 4 nitrogen and oxygen atoms in total. The summed E-state index contributed by atoms with van der Waals surface area (Å²) in [6.45, 7) is 2.97. The molecule has 1 unspecified atom stereocenters. The Morgan fingerprint density at radius 1 is 1.53 bits per heavy atom. The quantitative estimate of drug-likeness (QED) is 0.293. The molecule has 0 spiro atoms. The Hall–Kier alpha value is -0.420. The van der Waals surface area contributed by atoms with E-state index in [-0.39, 0.29) is 0 Å². The van der Waals surface area contributed by atoms with Crippen LogP contribution in [0.2, 0.25) is 0 Å². The van der Waals surface area contributed by atoms with Crippen LogP contribution in [-0.4, -0.2) is 30.1 Å². The van der Waals surface area contributed by atoms with Gasteiger partial charge in [-0.05, 0) is 19.1 Å². The third-order valence-corrected chi connectivity index (χ3v) is 3.70. The Morgan fingerprint density at radius 3 is 2.73 bits per heavy atom. The maximum Gasteiger partial charge on any atom is 0.205 e. The smallest absolute Gasteiger partial charge is 0.205 e. The van der Waals surface area contributed by atoms with Gasteiger partial charge >= 0.3 is 0 Å². The second kappa shape index (κ2) is 6.95. The van der Waals surface area contributed by atoms with Crippen LogP contribution < -0.4 is 16.6 Å². The van der Waals surface area contributed by atoms with E-state index in [0.29, 0.717) is 11.3 Å². The molecule has 1 saturated carbocycles. The van der Waals surface area contributed by atoms with Crippen LogP contribution in [0.25, 0.3) is 0 Å². The van der Waals surface area contributed by atoms with E-state index in [2.05, 4.69) is 28.9 Å². The maximum absolute atomic E-state index is 5.43. The lowest BCUT2D eigenvalue weighted by Gasteiger charge is -2.15. The zero-order valence-electron chi connectivity index (χ0n) is 9.62. The lowest BCUT2D eigenvalue weighted by atomic mass is 10.2. The average Bonchev–Trinajstić information content (AvgIpc) is 2.76. The van der Waals surface area contributed by atoms with E-state index >= 15 is 0 Å². The van der Waals surface area contributed by atoms with Crippen LogP contribution in [0.15, 0.2) is 4.99 Å². The van der Waals surface area contributed by atoms with Crippen LogP contribution in [0, 0.1) is 0 Å². The molecule has 0 heterocycles. The van der Waals surface area contributed by atoms with Crippen molar-refractivity contribution in [3.63, 3.8) is 0 Å². The van der Waals surface area contributed by atoms with Crippen molar-refractivity contribution in [3.8, 4) is 0 Å². The second-order valence-electron chi connectivity index (χ2n) is 4.01. The van der Waals surface area contributed by atoms with Crippen molar-refractivity contribution < 1.29 is 0 Å². The number of guanidine groups is 1. The molecule has 0 bridgehead atoms. The Kier molecular flexibility index (Phi) is 5.86. The molecule has 0 radical (unpaired) electrons. The van der Waals surface area contributed by atoms with E-state index in [1.165, 1.54) is 25.7 Å². The average molecular weight is 230 g/mol. The van der Waals surface area contributed by atoms with Gasteiger partial charge in [0.25, 0.3) is 0 Å². The molecular weight excluding hydrogens is 208 g/mol. The first-order chi connectivity index (χ1) is 7.26. The molecule has 1 aliphatic carbocycles. The van der Waals surface area contributed by atoms with Gasteiger partial charge in [-0.2, -0.15) is 11.8 Å². The summed E-state index contributed by atoms with van der Waals surface area (Å²) in [6.07, 6.45) is 7.20. The summed E-state index contributed by atoms with van der Waals surface area (Å²) in [5.74, 6) is 6.17. The third kappa shape index (κ3) is 4.75. The van der Waals surface area contributed by atoms with E-state index in [4.69, 9.17) is 5.84 Å². The fourth-order valence-corrected chi connectivity index (χ4v) is 1.91. The monoisotopic (exact) mass is 230 g/mol. The number of thioether (sulfide) groups is 1. The van der Waals surface area contributed by atoms with Crippen molar-refractivity contribution in [3.05, 3.63) is 0 Å². The molecule has 0 aliphatic heterocycles. The first-order valence-electron chi connectivity index (χ1n) is 5.56.